The van der Waals surface area contributed by atoms with E-state index in [1.807, 2.05) is 18.2 Å². The zero-order valence-electron chi connectivity index (χ0n) is 10.9. The molecule has 1 aromatic heterocycles. The number of fused-ring (bicyclic) bond motifs is 1. The highest BCUT2D eigenvalue weighted by Crippen LogP contribution is 2.30. The van der Waals surface area contributed by atoms with Crippen LogP contribution in [0, 0.1) is 0 Å². The first kappa shape index (κ1) is 14.6. The van der Waals surface area contributed by atoms with E-state index in [-0.39, 0.29) is 0 Å². The van der Waals surface area contributed by atoms with Gasteiger partial charge in [-0.1, -0.05) is 11.8 Å². The number of methoxy groups -OCH3 is 1. The van der Waals surface area contributed by atoms with Crippen molar-refractivity contribution < 1.29 is 9.47 Å². The van der Waals surface area contributed by atoms with Gasteiger partial charge in [0.1, 0.15) is 0 Å². The van der Waals surface area contributed by atoms with Gasteiger partial charge in [0.05, 0.1) is 16.8 Å². The van der Waals surface area contributed by atoms with Crippen molar-refractivity contribution >= 4 is 39.0 Å². The van der Waals surface area contributed by atoms with E-state index in [0.717, 1.165) is 52.2 Å². The largest absolute Gasteiger partial charge is 0.399 e. The van der Waals surface area contributed by atoms with Crippen molar-refractivity contribution in [1.82, 2.24) is 4.98 Å². The number of thioether (sulfide) groups is 1. The standard InChI is InChI=1S/C13H18N2O2S2/c1-16-5-2-6-17-7-8-18-13-15-11-4-3-10(14)9-12(11)19-13/h3-4,9H,2,5-8,14H2,1H3. The van der Waals surface area contributed by atoms with E-state index < -0.39 is 0 Å². The molecule has 0 aliphatic rings. The fourth-order valence-corrected chi connectivity index (χ4v) is 3.62. The Hall–Kier alpha value is -0.820. The second kappa shape index (κ2) is 7.69. The van der Waals surface area contributed by atoms with Crippen molar-refractivity contribution in [3.8, 4) is 0 Å². The molecular weight excluding hydrogens is 280 g/mol. The number of thiazole rings is 1. The van der Waals surface area contributed by atoms with Gasteiger partial charge in [-0.2, -0.15) is 0 Å². The van der Waals surface area contributed by atoms with E-state index >= 15 is 0 Å². The molecule has 1 heterocycles. The van der Waals surface area contributed by atoms with Gasteiger partial charge < -0.3 is 15.2 Å². The third kappa shape index (κ3) is 4.65. The molecule has 2 aromatic rings. The maximum absolute atomic E-state index is 5.75. The highest BCUT2D eigenvalue weighted by Gasteiger charge is 2.04. The van der Waals surface area contributed by atoms with Gasteiger partial charge in [0, 0.05) is 31.8 Å². The van der Waals surface area contributed by atoms with Crippen LogP contribution in [0.1, 0.15) is 6.42 Å². The summed E-state index contributed by atoms with van der Waals surface area (Å²) in [4.78, 5) is 4.55. The summed E-state index contributed by atoms with van der Waals surface area (Å²) in [6, 6.07) is 5.82. The topological polar surface area (TPSA) is 57.4 Å². The first-order valence-electron chi connectivity index (χ1n) is 6.15. The molecule has 0 spiro atoms. The van der Waals surface area contributed by atoms with Crippen LogP contribution in [0.15, 0.2) is 22.5 Å². The quantitative estimate of drug-likeness (QED) is 0.461. The molecule has 0 bridgehead atoms. The minimum Gasteiger partial charge on any atom is -0.399 e. The highest BCUT2D eigenvalue weighted by atomic mass is 32.2. The molecule has 104 valence electrons. The average Bonchev–Trinajstić information content (AvgIpc) is 2.79. The molecule has 0 amide bonds. The fraction of sp³-hybridized carbons (Fsp3) is 0.462. The molecule has 0 aliphatic heterocycles. The van der Waals surface area contributed by atoms with Crippen molar-refractivity contribution in [2.45, 2.75) is 10.8 Å². The van der Waals surface area contributed by atoms with E-state index in [0.29, 0.717) is 0 Å². The Kier molecular flexibility index (Phi) is 5.91. The molecule has 0 saturated heterocycles. The molecule has 2 N–H and O–H groups in total. The zero-order valence-corrected chi connectivity index (χ0v) is 12.6. The van der Waals surface area contributed by atoms with Crippen LogP contribution in [0.2, 0.25) is 0 Å². The number of benzene rings is 1. The molecule has 4 nitrogen and oxygen atoms in total. The number of aromatic nitrogens is 1. The third-order valence-electron chi connectivity index (χ3n) is 2.48. The number of nitrogens with two attached hydrogens (primary N) is 1. The molecule has 6 heteroatoms. The highest BCUT2D eigenvalue weighted by molar-refractivity contribution is 8.01. The Morgan fingerprint density at radius 1 is 1.32 bits per heavy atom. The van der Waals surface area contributed by atoms with Crippen molar-refractivity contribution in [2.75, 3.05) is 38.4 Å². The first-order chi connectivity index (χ1) is 9.29. The van der Waals surface area contributed by atoms with Gasteiger partial charge in [-0.05, 0) is 24.6 Å². The van der Waals surface area contributed by atoms with Crippen LogP contribution in [0.25, 0.3) is 10.2 Å². The second-order valence-corrected chi connectivity index (χ2v) is 6.39. The number of hydrogen-bond donors (Lipinski definition) is 1. The predicted octanol–water partition coefficient (Wildman–Crippen LogP) is 3.02. The van der Waals surface area contributed by atoms with Crippen LogP contribution in [-0.4, -0.2) is 37.7 Å². The Balaban J connectivity index is 1.72. The molecule has 2 rings (SSSR count). The van der Waals surface area contributed by atoms with Gasteiger partial charge in [0.25, 0.3) is 0 Å². The van der Waals surface area contributed by atoms with Crippen LogP contribution in [0.5, 0.6) is 0 Å². The Bertz CT molecular complexity index is 516. The average molecular weight is 298 g/mol. The van der Waals surface area contributed by atoms with Gasteiger partial charge in [0.2, 0.25) is 0 Å². The summed E-state index contributed by atoms with van der Waals surface area (Å²) in [5.74, 6) is 0.919. The minimum absolute atomic E-state index is 0.743. The molecule has 0 atom stereocenters. The van der Waals surface area contributed by atoms with Crippen LogP contribution >= 0.6 is 23.1 Å². The fourth-order valence-electron chi connectivity index (χ4n) is 1.58. The Morgan fingerprint density at radius 3 is 3.05 bits per heavy atom. The van der Waals surface area contributed by atoms with Gasteiger partial charge in [-0.3, -0.25) is 0 Å². The summed E-state index contributed by atoms with van der Waals surface area (Å²) in [5.41, 5.74) is 7.56. The minimum atomic E-state index is 0.743. The third-order valence-corrected chi connectivity index (χ3v) is 4.61. The maximum Gasteiger partial charge on any atom is 0.151 e. The number of hydrogen-bond acceptors (Lipinski definition) is 6. The van der Waals surface area contributed by atoms with E-state index in [2.05, 4.69) is 4.98 Å². The summed E-state index contributed by atoms with van der Waals surface area (Å²) in [7, 11) is 1.70. The van der Waals surface area contributed by atoms with Gasteiger partial charge in [-0.25, -0.2) is 4.98 Å². The van der Waals surface area contributed by atoms with Crippen LogP contribution in [0.4, 0.5) is 5.69 Å². The van der Waals surface area contributed by atoms with Gasteiger partial charge in [0.15, 0.2) is 4.34 Å². The molecule has 0 saturated carbocycles. The lowest BCUT2D eigenvalue weighted by Gasteiger charge is -2.02. The van der Waals surface area contributed by atoms with Crippen LogP contribution in [0.3, 0.4) is 0 Å². The molecule has 0 unspecified atom stereocenters. The van der Waals surface area contributed by atoms with Crippen molar-refractivity contribution in [2.24, 2.45) is 0 Å². The Morgan fingerprint density at radius 2 is 2.21 bits per heavy atom. The van der Waals surface area contributed by atoms with E-state index in [4.69, 9.17) is 15.2 Å². The molecule has 19 heavy (non-hydrogen) atoms. The number of nitrogen functional groups attached to an aromatic ring is 1. The van der Waals surface area contributed by atoms with Crippen LogP contribution in [-0.2, 0) is 9.47 Å². The predicted molar refractivity (Wildman–Crippen MR) is 82.1 cm³/mol. The van der Waals surface area contributed by atoms with E-state index in [1.54, 1.807) is 30.2 Å². The summed E-state index contributed by atoms with van der Waals surface area (Å²) in [5, 5.41) is 0. The van der Waals surface area contributed by atoms with Crippen molar-refractivity contribution in [3.05, 3.63) is 18.2 Å². The second-order valence-electron chi connectivity index (χ2n) is 4.01. The maximum atomic E-state index is 5.75. The smallest absolute Gasteiger partial charge is 0.151 e. The van der Waals surface area contributed by atoms with Gasteiger partial charge >= 0.3 is 0 Å². The van der Waals surface area contributed by atoms with E-state index in [1.165, 1.54) is 0 Å². The molecule has 0 fully saturated rings. The number of nitrogens with zero attached hydrogens (tertiary/aromatic N) is 1. The summed E-state index contributed by atoms with van der Waals surface area (Å²) < 4.78 is 12.7. The lowest BCUT2D eigenvalue weighted by Crippen LogP contribution is -2.01. The summed E-state index contributed by atoms with van der Waals surface area (Å²) in [6.07, 6.45) is 0.946. The summed E-state index contributed by atoms with van der Waals surface area (Å²) >= 11 is 3.41. The number of ether oxygens (including phenoxy) is 2. The zero-order chi connectivity index (χ0) is 13.5. The van der Waals surface area contributed by atoms with E-state index in [9.17, 15) is 0 Å². The molecule has 1 aromatic carbocycles. The van der Waals surface area contributed by atoms with Gasteiger partial charge in [-0.15, -0.1) is 11.3 Å². The molecule has 0 radical (unpaired) electrons. The van der Waals surface area contributed by atoms with Crippen molar-refractivity contribution in [1.29, 1.82) is 0 Å². The normalized spacial score (nSPS) is 11.2. The molecular formula is C13H18N2O2S2. The number of anilines is 1. The first-order valence-corrected chi connectivity index (χ1v) is 7.95. The number of rotatable bonds is 8. The SMILES string of the molecule is COCCCOCCSc1nc2ccc(N)cc2s1. The Labute approximate surface area is 121 Å². The lowest BCUT2D eigenvalue weighted by atomic mass is 10.3. The lowest BCUT2D eigenvalue weighted by molar-refractivity contribution is 0.113. The monoisotopic (exact) mass is 298 g/mol. The summed E-state index contributed by atoms with van der Waals surface area (Å²) in [6.45, 7) is 2.25. The molecule has 0 aliphatic carbocycles. The van der Waals surface area contributed by atoms with Crippen molar-refractivity contribution in [3.63, 3.8) is 0 Å². The van der Waals surface area contributed by atoms with Crippen LogP contribution < -0.4 is 5.73 Å².